The second-order valence-electron chi connectivity index (χ2n) is 13.4. The number of hydrogen-bond acceptors (Lipinski definition) is 2. The topological polar surface area (TPSA) is 6.48 Å². The van der Waals surface area contributed by atoms with Crippen molar-refractivity contribution in [3.63, 3.8) is 0 Å². The molecule has 0 saturated carbocycles. The maximum Gasteiger partial charge on any atom is 0.247 e. The number of rotatable bonds is 2. The van der Waals surface area contributed by atoms with E-state index in [4.69, 9.17) is 0 Å². The Bertz CT molecular complexity index is 2130. The highest BCUT2D eigenvalue weighted by Crippen LogP contribution is 2.50. The number of anilines is 4. The fourth-order valence-corrected chi connectivity index (χ4v) is 8.97. The Kier molecular flexibility index (Phi) is 5.84. The molecule has 2 heterocycles. The average molecular weight is 581 g/mol. The minimum absolute atomic E-state index is 0.203. The molecule has 2 aliphatic carbocycles. The van der Waals surface area contributed by atoms with Gasteiger partial charge in [-0.1, -0.05) is 121 Å². The Balaban J connectivity index is 1.43. The van der Waals surface area contributed by atoms with Crippen LogP contribution in [0.4, 0.5) is 22.7 Å². The van der Waals surface area contributed by atoms with Gasteiger partial charge in [0.2, 0.25) is 6.71 Å². The molecule has 218 valence electrons. The highest BCUT2D eigenvalue weighted by atomic mass is 15.2. The zero-order valence-electron chi connectivity index (χ0n) is 26.5. The molecule has 0 amide bonds. The van der Waals surface area contributed by atoms with Crippen LogP contribution in [0.15, 0.2) is 126 Å². The minimum Gasteiger partial charge on any atom is -0.334 e. The Morgan fingerprint density at radius 2 is 1.47 bits per heavy atom. The van der Waals surface area contributed by atoms with E-state index in [9.17, 15) is 0 Å². The lowest BCUT2D eigenvalue weighted by atomic mass is 9.31. The number of fused-ring (bicyclic) bond motifs is 7. The number of benzene rings is 5. The summed E-state index contributed by atoms with van der Waals surface area (Å²) in [5.74, 6) is 0.389. The third-order valence-electron chi connectivity index (χ3n) is 10.8. The number of hydrogen-bond donors (Lipinski definition) is 0. The van der Waals surface area contributed by atoms with Gasteiger partial charge in [-0.15, -0.1) is 0 Å². The van der Waals surface area contributed by atoms with Crippen LogP contribution in [-0.2, 0) is 6.42 Å². The van der Waals surface area contributed by atoms with E-state index in [2.05, 4.69) is 153 Å². The Labute approximate surface area is 267 Å². The first-order chi connectivity index (χ1) is 22.0. The summed E-state index contributed by atoms with van der Waals surface area (Å²) < 4.78 is 0. The molecule has 0 bridgehead atoms. The van der Waals surface area contributed by atoms with Crippen LogP contribution in [0.3, 0.4) is 0 Å². The van der Waals surface area contributed by atoms with Crippen molar-refractivity contribution in [2.45, 2.75) is 46.6 Å². The van der Waals surface area contributed by atoms with E-state index in [0.717, 1.165) is 12.8 Å². The van der Waals surface area contributed by atoms with Gasteiger partial charge in [-0.2, -0.15) is 0 Å². The maximum absolute atomic E-state index is 2.75. The second kappa shape index (κ2) is 9.87. The molecule has 5 aromatic carbocycles. The Hall–Kier alpha value is -4.76. The standard InChI is InChI=1S/C42H37BN2/c1-26-12-9-13-27(2)39(26)44-36-20-11-21-37-38(36)43(34-24-22-30-16-5-7-18-32(30)41(34)44)35-25-23-31-17-6-8-19-33(31)42(35)45(37)40-28(3)14-10-15-29(40)4/h5-22,24,28,40H,23,25H2,1-4H3. The Morgan fingerprint density at radius 3 is 2.31 bits per heavy atom. The number of nitrogens with zero attached hydrogens (tertiary/aromatic N) is 2. The molecular weight excluding hydrogens is 543 g/mol. The lowest BCUT2D eigenvalue weighted by molar-refractivity contribution is 0.583. The average Bonchev–Trinajstić information content (AvgIpc) is 3.06. The quantitative estimate of drug-likeness (QED) is 0.192. The number of aryl methyl sites for hydroxylation is 3. The van der Waals surface area contributed by atoms with Crippen LogP contribution >= 0.6 is 0 Å². The van der Waals surface area contributed by atoms with E-state index in [1.807, 2.05) is 0 Å². The first kappa shape index (κ1) is 26.6. The normalized spacial score (nSPS) is 19.6. The highest BCUT2D eigenvalue weighted by Gasteiger charge is 2.48. The molecule has 4 aliphatic rings. The lowest BCUT2D eigenvalue weighted by Crippen LogP contribution is -2.59. The van der Waals surface area contributed by atoms with Crippen molar-refractivity contribution in [1.82, 2.24) is 0 Å². The van der Waals surface area contributed by atoms with Gasteiger partial charge in [-0.25, -0.2) is 0 Å². The van der Waals surface area contributed by atoms with E-state index in [-0.39, 0.29) is 12.8 Å². The van der Waals surface area contributed by atoms with Gasteiger partial charge < -0.3 is 9.80 Å². The fourth-order valence-electron chi connectivity index (χ4n) is 8.97. The summed E-state index contributed by atoms with van der Waals surface area (Å²) in [6.45, 7) is 9.45. The smallest absolute Gasteiger partial charge is 0.247 e. The van der Waals surface area contributed by atoms with Crippen molar-refractivity contribution in [3.8, 4) is 0 Å². The zero-order valence-corrected chi connectivity index (χ0v) is 26.5. The molecule has 5 aromatic rings. The van der Waals surface area contributed by atoms with E-state index in [0.29, 0.717) is 5.92 Å². The molecule has 0 saturated heterocycles. The second-order valence-corrected chi connectivity index (χ2v) is 13.4. The van der Waals surface area contributed by atoms with Crippen molar-refractivity contribution in [3.05, 3.63) is 149 Å². The van der Waals surface area contributed by atoms with Crippen LogP contribution in [0.25, 0.3) is 16.5 Å². The maximum atomic E-state index is 2.75. The van der Waals surface area contributed by atoms with E-state index < -0.39 is 0 Å². The van der Waals surface area contributed by atoms with E-state index in [1.54, 1.807) is 5.47 Å². The molecule has 2 atom stereocenters. The largest absolute Gasteiger partial charge is 0.334 e. The van der Waals surface area contributed by atoms with Crippen molar-refractivity contribution in [2.24, 2.45) is 5.92 Å². The summed E-state index contributed by atoms with van der Waals surface area (Å²) in [6, 6.07) is 37.0. The van der Waals surface area contributed by atoms with Gasteiger partial charge in [0.15, 0.2) is 0 Å². The first-order valence-electron chi connectivity index (χ1n) is 16.5. The predicted octanol–water partition coefficient (Wildman–Crippen LogP) is 9.09. The molecule has 0 aromatic heterocycles. The van der Waals surface area contributed by atoms with Gasteiger partial charge in [0.25, 0.3) is 0 Å². The molecule has 3 heteroatoms. The SMILES string of the molecule is CC1=CC=CC(C)C1N1C2=C(CCc3ccccc32)B2c3ccc4ccccc4c3N(c3c(C)cccc3C)c3cccc1c32. The van der Waals surface area contributed by atoms with Crippen molar-refractivity contribution in [2.75, 3.05) is 9.80 Å². The summed E-state index contributed by atoms with van der Waals surface area (Å²) in [7, 11) is 0. The Morgan fingerprint density at radius 1 is 0.711 bits per heavy atom. The van der Waals surface area contributed by atoms with Gasteiger partial charge in [0, 0.05) is 33.7 Å². The third kappa shape index (κ3) is 3.70. The summed E-state index contributed by atoms with van der Waals surface area (Å²) in [5, 5.41) is 2.61. The van der Waals surface area contributed by atoms with Gasteiger partial charge in [-0.05, 0) is 84.7 Å². The van der Waals surface area contributed by atoms with Gasteiger partial charge in [-0.3, -0.25) is 0 Å². The summed E-state index contributed by atoms with van der Waals surface area (Å²) in [5.41, 5.74) is 18.1. The number of para-hydroxylation sites is 1. The van der Waals surface area contributed by atoms with Crippen molar-refractivity contribution in [1.29, 1.82) is 0 Å². The van der Waals surface area contributed by atoms with Crippen LogP contribution in [-0.4, -0.2) is 12.8 Å². The molecule has 0 fully saturated rings. The predicted molar refractivity (Wildman–Crippen MR) is 193 cm³/mol. The van der Waals surface area contributed by atoms with Crippen LogP contribution in [0, 0.1) is 19.8 Å². The summed E-state index contributed by atoms with van der Waals surface area (Å²) in [6.07, 6.45) is 9.11. The van der Waals surface area contributed by atoms with Crippen LogP contribution < -0.4 is 20.7 Å². The molecule has 2 nitrogen and oxygen atoms in total. The van der Waals surface area contributed by atoms with Crippen molar-refractivity contribution >= 4 is 56.9 Å². The molecule has 2 aliphatic heterocycles. The monoisotopic (exact) mass is 580 g/mol. The van der Waals surface area contributed by atoms with Gasteiger partial charge >= 0.3 is 0 Å². The van der Waals surface area contributed by atoms with Crippen LogP contribution in [0.1, 0.15) is 42.5 Å². The summed E-state index contributed by atoms with van der Waals surface area (Å²) in [4.78, 5) is 5.36. The molecule has 2 unspecified atom stereocenters. The molecule has 0 N–H and O–H groups in total. The summed E-state index contributed by atoms with van der Waals surface area (Å²) >= 11 is 0. The minimum atomic E-state index is 0.203. The fraction of sp³-hybridized carbons (Fsp3) is 0.190. The molecule has 45 heavy (non-hydrogen) atoms. The molecule has 0 spiro atoms. The van der Waals surface area contributed by atoms with E-state index in [1.165, 1.54) is 78.0 Å². The van der Waals surface area contributed by atoms with E-state index >= 15 is 0 Å². The zero-order chi connectivity index (χ0) is 30.4. The van der Waals surface area contributed by atoms with Gasteiger partial charge in [0.05, 0.1) is 11.7 Å². The third-order valence-corrected chi connectivity index (χ3v) is 10.8. The van der Waals surface area contributed by atoms with Crippen LogP contribution in [0.5, 0.6) is 0 Å². The molecular formula is C42H37BN2. The molecule has 9 rings (SSSR count). The van der Waals surface area contributed by atoms with Gasteiger partial charge in [0.1, 0.15) is 0 Å². The molecule has 0 radical (unpaired) electrons. The van der Waals surface area contributed by atoms with Crippen LogP contribution in [0.2, 0.25) is 0 Å². The lowest BCUT2D eigenvalue weighted by Gasteiger charge is -2.50. The number of allylic oxidation sites excluding steroid dienone is 3. The highest BCUT2D eigenvalue weighted by molar-refractivity contribution is 6.96. The first-order valence-corrected chi connectivity index (χ1v) is 16.5. The van der Waals surface area contributed by atoms with Crippen molar-refractivity contribution < 1.29 is 0 Å².